The topological polar surface area (TPSA) is 70.2 Å². The summed E-state index contributed by atoms with van der Waals surface area (Å²) in [4.78, 5) is 24.1. The van der Waals surface area contributed by atoms with Crippen LogP contribution in [0.4, 0.5) is 15.8 Å². The summed E-state index contributed by atoms with van der Waals surface area (Å²) in [5.41, 5.74) is 1.37. The van der Waals surface area contributed by atoms with Crippen LogP contribution in [0.5, 0.6) is 0 Å². The third kappa shape index (κ3) is 6.25. The molecule has 0 bridgehead atoms. The fourth-order valence-corrected chi connectivity index (χ4v) is 2.10. The van der Waals surface area contributed by atoms with Gasteiger partial charge in [0.05, 0.1) is 6.54 Å². The Morgan fingerprint density at radius 2 is 1.68 bits per heavy atom. The van der Waals surface area contributed by atoms with E-state index < -0.39 is 0 Å². The Labute approximate surface area is 146 Å². The van der Waals surface area contributed by atoms with E-state index in [0.717, 1.165) is 0 Å². The predicted octanol–water partition coefficient (Wildman–Crippen LogP) is 3.40. The molecule has 0 aromatic heterocycles. The normalized spacial score (nSPS) is 10.9. The van der Waals surface area contributed by atoms with Crippen molar-refractivity contribution in [1.82, 2.24) is 5.32 Å². The van der Waals surface area contributed by atoms with E-state index in [9.17, 15) is 14.0 Å². The number of anilines is 2. The van der Waals surface area contributed by atoms with Gasteiger partial charge in [-0.2, -0.15) is 0 Å². The van der Waals surface area contributed by atoms with Crippen LogP contribution in [0.25, 0.3) is 0 Å². The van der Waals surface area contributed by atoms with Crippen molar-refractivity contribution in [3.05, 3.63) is 59.9 Å². The molecule has 5 nitrogen and oxygen atoms in total. The number of benzene rings is 2. The second-order valence-electron chi connectivity index (χ2n) is 6.69. The lowest BCUT2D eigenvalue weighted by Crippen LogP contribution is -2.40. The first-order valence-electron chi connectivity index (χ1n) is 7.95. The molecule has 0 heterocycles. The molecule has 0 atom stereocenters. The molecular formula is C19H22FN3O2. The van der Waals surface area contributed by atoms with Gasteiger partial charge in [-0.3, -0.25) is 9.59 Å². The number of carbonyl (C=O) groups excluding carboxylic acids is 2. The fraction of sp³-hybridized carbons (Fsp3) is 0.263. The maximum absolute atomic E-state index is 12.8. The number of carbonyl (C=O) groups is 2. The van der Waals surface area contributed by atoms with Crippen LogP contribution < -0.4 is 16.0 Å². The van der Waals surface area contributed by atoms with Crippen molar-refractivity contribution >= 4 is 23.2 Å². The van der Waals surface area contributed by atoms with Gasteiger partial charge >= 0.3 is 0 Å². The molecule has 2 aromatic rings. The van der Waals surface area contributed by atoms with Crippen molar-refractivity contribution in [1.29, 1.82) is 0 Å². The molecule has 0 saturated carbocycles. The molecule has 2 amide bonds. The maximum Gasteiger partial charge on any atom is 0.251 e. The molecule has 0 fully saturated rings. The second-order valence-corrected chi connectivity index (χ2v) is 6.69. The summed E-state index contributed by atoms with van der Waals surface area (Å²) in [6, 6.07) is 12.5. The highest BCUT2D eigenvalue weighted by molar-refractivity contribution is 5.96. The highest BCUT2D eigenvalue weighted by atomic mass is 19.1. The Bertz CT molecular complexity index is 752. The molecule has 0 aliphatic carbocycles. The van der Waals surface area contributed by atoms with Gasteiger partial charge in [0.1, 0.15) is 5.82 Å². The SMILES string of the molecule is CC(C)(C)NC(=O)c1cccc(NCC(=O)Nc2ccc(F)cc2)c1. The maximum atomic E-state index is 12.8. The third-order valence-electron chi connectivity index (χ3n) is 3.19. The average molecular weight is 343 g/mol. The summed E-state index contributed by atoms with van der Waals surface area (Å²) in [5.74, 6) is -0.801. The van der Waals surface area contributed by atoms with Crippen molar-refractivity contribution in [2.45, 2.75) is 26.3 Å². The smallest absolute Gasteiger partial charge is 0.251 e. The Hall–Kier alpha value is -2.89. The van der Waals surface area contributed by atoms with E-state index in [1.165, 1.54) is 24.3 Å². The van der Waals surface area contributed by atoms with Gasteiger partial charge < -0.3 is 16.0 Å². The number of rotatable bonds is 5. The summed E-state index contributed by atoms with van der Waals surface area (Å²) < 4.78 is 12.8. The van der Waals surface area contributed by atoms with Gasteiger partial charge in [-0.1, -0.05) is 6.07 Å². The van der Waals surface area contributed by atoms with E-state index in [1.807, 2.05) is 20.8 Å². The predicted molar refractivity (Wildman–Crippen MR) is 97.2 cm³/mol. The van der Waals surface area contributed by atoms with Crippen molar-refractivity contribution in [2.24, 2.45) is 0 Å². The summed E-state index contributed by atoms with van der Waals surface area (Å²) in [6.45, 7) is 5.76. The van der Waals surface area contributed by atoms with Gasteiger partial charge in [0, 0.05) is 22.5 Å². The van der Waals surface area contributed by atoms with Crippen LogP contribution in [0.3, 0.4) is 0 Å². The summed E-state index contributed by atoms with van der Waals surface area (Å²) in [6.07, 6.45) is 0. The number of hydrogen-bond acceptors (Lipinski definition) is 3. The van der Waals surface area contributed by atoms with Crippen LogP contribution in [0.1, 0.15) is 31.1 Å². The van der Waals surface area contributed by atoms with Gasteiger partial charge in [-0.15, -0.1) is 0 Å². The first-order chi connectivity index (χ1) is 11.7. The zero-order valence-corrected chi connectivity index (χ0v) is 14.5. The van der Waals surface area contributed by atoms with Gasteiger partial charge in [-0.25, -0.2) is 4.39 Å². The third-order valence-corrected chi connectivity index (χ3v) is 3.19. The highest BCUT2D eigenvalue weighted by Gasteiger charge is 2.15. The number of hydrogen-bond donors (Lipinski definition) is 3. The monoisotopic (exact) mass is 343 g/mol. The quantitative estimate of drug-likeness (QED) is 0.779. The standard InChI is InChI=1S/C19H22FN3O2/c1-19(2,3)23-18(25)13-5-4-6-16(11-13)21-12-17(24)22-15-9-7-14(20)8-10-15/h4-11,21H,12H2,1-3H3,(H,22,24)(H,23,25). The zero-order valence-electron chi connectivity index (χ0n) is 14.5. The number of halogens is 1. The van der Waals surface area contributed by atoms with E-state index in [2.05, 4.69) is 16.0 Å². The Morgan fingerprint density at radius 3 is 2.32 bits per heavy atom. The number of amides is 2. The summed E-state index contributed by atoms with van der Waals surface area (Å²) in [7, 11) is 0. The Balaban J connectivity index is 1.92. The van der Waals surface area contributed by atoms with E-state index >= 15 is 0 Å². The highest BCUT2D eigenvalue weighted by Crippen LogP contribution is 2.12. The van der Waals surface area contributed by atoms with Crippen LogP contribution in [0, 0.1) is 5.82 Å². The van der Waals surface area contributed by atoms with E-state index in [0.29, 0.717) is 16.9 Å². The van der Waals surface area contributed by atoms with E-state index in [4.69, 9.17) is 0 Å². The molecule has 3 N–H and O–H groups in total. The average Bonchev–Trinajstić information content (AvgIpc) is 2.54. The second kappa shape index (κ2) is 7.79. The van der Waals surface area contributed by atoms with Crippen LogP contribution >= 0.6 is 0 Å². The minimum Gasteiger partial charge on any atom is -0.376 e. The molecule has 0 unspecified atom stereocenters. The van der Waals surface area contributed by atoms with Crippen LogP contribution in [-0.4, -0.2) is 23.9 Å². The molecule has 0 radical (unpaired) electrons. The van der Waals surface area contributed by atoms with Crippen LogP contribution in [-0.2, 0) is 4.79 Å². The largest absolute Gasteiger partial charge is 0.376 e. The fourth-order valence-electron chi connectivity index (χ4n) is 2.10. The van der Waals surface area contributed by atoms with E-state index in [1.54, 1.807) is 24.3 Å². The first kappa shape index (κ1) is 18.4. The molecule has 25 heavy (non-hydrogen) atoms. The molecule has 2 aromatic carbocycles. The lowest BCUT2D eigenvalue weighted by molar-refractivity contribution is -0.114. The molecule has 0 aliphatic rings. The first-order valence-corrected chi connectivity index (χ1v) is 7.95. The van der Waals surface area contributed by atoms with Crippen molar-refractivity contribution in [2.75, 3.05) is 17.2 Å². The van der Waals surface area contributed by atoms with Gasteiger partial charge in [0.2, 0.25) is 5.91 Å². The van der Waals surface area contributed by atoms with E-state index in [-0.39, 0.29) is 29.7 Å². The lowest BCUT2D eigenvalue weighted by Gasteiger charge is -2.20. The Kier molecular flexibility index (Phi) is 5.75. The summed E-state index contributed by atoms with van der Waals surface area (Å²) >= 11 is 0. The molecule has 2 rings (SSSR count). The van der Waals surface area contributed by atoms with Crippen molar-refractivity contribution < 1.29 is 14.0 Å². The minimum atomic E-state index is -0.360. The summed E-state index contributed by atoms with van der Waals surface area (Å²) in [5, 5.41) is 8.52. The van der Waals surface area contributed by atoms with Gasteiger partial charge in [0.25, 0.3) is 5.91 Å². The Morgan fingerprint density at radius 1 is 1.00 bits per heavy atom. The van der Waals surface area contributed by atoms with Crippen LogP contribution in [0.2, 0.25) is 0 Å². The molecular weight excluding hydrogens is 321 g/mol. The molecule has 0 saturated heterocycles. The zero-order chi connectivity index (χ0) is 18.4. The van der Waals surface area contributed by atoms with Gasteiger partial charge in [-0.05, 0) is 63.2 Å². The van der Waals surface area contributed by atoms with Gasteiger partial charge in [0.15, 0.2) is 0 Å². The molecule has 132 valence electrons. The molecule has 0 aliphatic heterocycles. The van der Waals surface area contributed by atoms with Crippen molar-refractivity contribution in [3.63, 3.8) is 0 Å². The lowest BCUT2D eigenvalue weighted by atomic mass is 10.1. The molecule has 6 heteroatoms. The minimum absolute atomic E-state index is 0.0295. The van der Waals surface area contributed by atoms with Crippen LogP contribution in [0.15, 0.2) is 48.5 Å². The molecule has 0 spiro atoms. The van der Waals surface area contributed by atoms with Crippen molar-refractivity contribution in [3.8, 4) is 0 Å². The number of nitrogens with one attached hydrogen (secondary N) is 3.